The topological polar surface area (TPSA) is 54.9 Å². The van der Waals surface area contributed by atoms with E-state index in [4.69, 9.17) is 4.74 Å². The fourth-order valence-corrected chi connectivity index (χ4v) is 2.94. The Labute approximate surface area is 179 Å². The van der Waals surface area contributed by atoms with Crippen LogP contribution >= 0.6 is 35.3 Å². The van der Waals surface area contributed by atoms with Gasteiger partial charge in [0, 0.05) is 13.1 Å². The maximum atomic E-state index is 12.5. The van der Waals surface area contributed by atoms with Crippen LogP contribution < -0.4 is 20.1 Å². The van der Waals surface area contributed by atoms with Crippen molar-refractivity contribution in [3.8, 4) is 11.5 Å². The molecule has 0 spiro atoms. The average molecular weight is 511 g/mol. The summed E-state index contributed by atoms with van der Waals surface area (Å²) in [6.07, 6.45) is 0.631. The standard InChI is InChI=1S/C18H23F2N3O2S.HI/c1-3-21-18(23-11-14-7-9-26-12-14)22-8-6-13-4-5-15(24-2)16(10-13)25-17(19)20;/h4-5,7,9-10,12,17H,3,6,8,11H2,1-2H3,(H2,21,22,23);1H. The first-order chi connectivity index (χ1) is 12.6. The minimum atomic E-state index is -2.89. The zero-order valence-corrected chi connectivity index (χ0v) is 18.4. The smallest absolute Gasteiger partial charge is 0.387 e. The molecule has 0 saturated carbocycles. The zero-order chi connectivity index (χ0) is 18.8. The van der Waals surface area contributed by atoms with Gasteiger partial charge in [-0.05, 0) is 53.4 Å². The number of rotatable bonds is 9. The van der Waals surface area contributed by atoms with Gasteiger partial charge in [-0.15, -0.1) is 24.0 Å². The first-order valence-electron chi connectivity index (χ1n) is 8.27. The molecule has 0 bridgehead atoms. The lowest BCUT2D eigenvalue weighted by Gasteiger charge is -2.13. The van der Waals surface area contributed by atoms with E-state index in [1.54, 1.807) is 23.5 Å². The lowest BCUT2D eigenvalue weighted by Crippen LogP contribution is -2.38. The fourth-order valence-electron chi connectivity index (χ4n) is 2.28. The van der Waals surface area contributed by atoms with Crippen molar-refractivity contribution in [3.63, 3.8) is 0 Å². The number of nitrogens with zero attached hydrogens (tertiary/aromatic N) is 1. The van der Waals surface area contributed by atoms with Crippen LogP contribution in [0.3, 0.4) is 0 Å². The number of nitrogens with one attached hydrogen (secondary N) is 2. The molecule has 0 radical (unpaired) electrons. The van der Waals surface area contributed by atoms with E-state index < -0.39 is 6.61 Å². The van der Waals surface area contributed by atoms with Crippen molar-refractivity contribution in [2.24, 2.45) is 4.99 Å². The highest BCUT2D eigenvalue weighted by molar-refractivity contribution is 14.0. The van der Waals surface area contributed by atoms with Crippen molar-refractivity contribution in [3.05, 3.63) is 46.2 Å². The molecule has 0 fully saturated rings. The molecule has 0 aliphatic heterocycles. The van der Waals surface area contributed by atoms with Gasteiger partial charge in [-0.3, -0.25) is 0 Å². The summed E-state index contributed by atoms with van der Waals surface area (Å²) in [6.45, 7) is 1.08. The van der Waals surface area contributed by atoms with Crippen molar-refractivity contribution >= 4 is 41.3 Å². The Morgan fingerprint density at radius 1 is 1.19 bits per heavy atom. The van der Waals surface area contributed by atoms with Crippen LogP contribution in [0.25, 0.3) is 0 Å². The first kappa shape index (κ1) is 23.4. The Bertz CT molecular complexity index is 700. The van der Waals surface area contributed by atoms with Crippen molar-refractivity contribution in [2.45, 2.75) is 26.5 Å². The minimum Gasteiger partial charge on any atom is -0.493 e. The highest BCUT2D eigenvalue weighted by Crippen LogP contribution is 2.29. The Kier molecular flexibility index (Phi) is 11.0. The van der Waals surface area contributed by atoms with Crippen LogP contribution in [-0.4, -0.2) is 32.8 Å². The maximum Gasteiger partial charge on any atom is 0.387 e. The van der Waals surface area contributed by atoms with Gasteiger partial charge in [0.05, 0.1) is 13.7 Å². The van der Waals surface area contributed by atoms with Gasteiger partial charge in [0.15, 0.2) is 17.5 Å². The van der Waals surface area contributed by atoms with E-state index in [1.807, 2.05) is 24.4 Å². The first-order valence-corrected chi connectivity index (χ1v) is 9.21. The summed E-state index contributed by atoms with van der Waals surface area (Å²) in [5.74, 6) is 1.04. The highest BCUT2D eigenvalue weighted by atomic mass is 127. The van der Waals surface area contributed by atoms with E-state index in [-0.39, 0.29) is 35.5 Å². The van der Waals surface area contributed by atoms with Crippen molar-refractivity contribution in [1.82, 2.24) is 10.6 Å². The Morgan fingerprint density at radius 2 is 2.00 bits per heavy atom. The van der Waals surface area contributed by atoms with Gasteiger partial charge in [-0.25, -0.2) is 4.99 Å². The molecule has 0 amide bonds. The third-order valence-corrected chi connectivity index (χ3v) is 4.23. The summed E-state index contributed by atoms with van der Waals surface area (Å²) < 4.78 is 34.5. The fraction of sp³-hybridized carbons (Fsp3) is 0.389. The van der Waals surface area contributed by atoms with Crippen LogP contribution in [0.1, 0.15) is 18.1 Å². The Morgan fingerprint density at radius 3 is 2.63 bits per heavy atom. The molecule has 0 unspecified atom stereocenters. The molecule has 1 aromatic carbocycles. The van der Waals surface area contributed by atoms with E-state index >= 15 is 0 Å². The van der Waals surface area contributed by atoms with Crippen LogP contribution in [0.15, 0.2) is 40.0 Å². The number of ether oxygens (including phenoxy) is 2. The zero-order valence-electron chi connectivity index (χ0n) is 15.2. The maximum absolute atomic E-state index is 12.5. The van der Waals surface area contributed by atoms with Crippen LogP contribution in [0.2, 0.25) is 0 Å². The van der Waals surface area contributed by atoms with E-state index in [2.05, 4.69) is 25.7 Å². The second-order valence-corrected chi connectivity index (χ2v) is 6.15. The normalized spacial score (nSPS) is 11.1. The third kappa shape index (κ3) is 8.29. The molecule has 9 heteroatoms. The van der Waals surface area contributed by atoms with Crippen LogP contribution in [0.5, 0.6) is 11.5 Å². The van der Waals surface area contributed by atoms with Gasteiger partial charge >= 0.3 is 6.61 Å². The average Bonchev–Trinajstić information content (AvgIpc) is 3.13. The van der Waals surface area contributed by atoms with Gasteiger partial charge in [0.2, 0.25) is 0 Å². The molecular formula is C18H24F2IN3O2S. The van der Waals surface area contributed by atoms with E-state index in [0.29, 0.717) is 19.5 Å². The monoisotopic (exact) mass is 511 g/mol. The van der Waals surface area contributed by atoms with Gasteiger partial charge in [-0.2, -0.15) is 20.1 Å². The van der Waals surface area contributed by atoms with Gasteiger partial charge in [0.25, 0.3) is 0 Å². The van der Waals surface area contributed by atoms with Crippen LogP contribution in [0.4, 0.5) is 8.78 Å². The van der Waals surface area contributed by atoms with Crippen molar-refractivity contribution < 1.29 is 18.3 Å². The molecule has 0 atom stereocenters. The van der Waals surface area contributed by atoms with E-state index in [0.717, 1.165) is 23.6 Å². The predicted octanol–water partition coefficient (Wildman–Crippen LogP) is 4.27. The molecule has 2 rings (SSSR count). The number of guanidine groups is 1. The summed E-state index contributed by atoms with van der Waals surface area (Å²) in [5, 5.41) is 10.5. The summed E-state index contributed by atoms with van der Waals surface area (Å²) in [7, 11) is 1.42. The molecule has 27 heavy (non-hydrogen) atoms. The molecular weight excluding hydrogens is 487 g/mol. The summed E-state index contributed by atoms with van der Waals surface area (Å²) in [6, 6.07) is 7.07. The second-order valence-electron chi connectivity index (χ2n) is 5.37. The number of thiophene rings is 1. The lowest BCUT2D eigenvalue weighted by atomic mass is 10.1. The van der Waals surface area contributed by atoms with Crippen molar-refractivity contribution in [2.75, 3.05) is 20.2 Å². The number of hydrogen-bond acceptors (Lipinski definition) is 4. The number of benzene rings is 1. The molecule has 150 valence electrons. The molecule has 5 nitrogen and oxygen atoms in total. The Hall–Kier alpha value is -1.62. The highest BCUT2D eigenvalue weighted by Gasteiger charge is 2.11. The molecule has 0 aliphatic carbocycles. The second kappa shape index (κ2) is 12.7. The third-order valence-electron chi connectivity index (χ3n) is 3.49. The predicted molar refractivity (Wildman–Crippen MR) is 116 cm³/mol. The van der Waals surface area contributed by atoms with Gasteiger partial charge < -0.3 is 20.1 Å². The molecule has 0 aliphatic rings. The van der Waals surface area contributed by atoms with Gasteiger partial charge in [-0.1, -0.05) is 6.07 Å². The largest absolute Gasteiger partial charge is 0.493 e. The molecule has 0 saturated heterocycles. The molecule has 1 heterocycles. The number of aliphatic imine (C=N–C) groups is 1. The van der Waals surface area contributed by atoms with Gasteiger partial charge in [0.1, 0.15) is 0 Å². The minimum absolute atomic E-state index is 0. The van der Waals surface area contributed by atoms with Crippen molar-refractivity contribution in [1.29, 1.82) is 0 Å². The number of hydrogen-bond donors (Lipinski definition) is 2. The van der Waals surface area contributed by atoms with Crippen LogP contribution in [-0.2, 0) is 13.0 Å². The molecule has 2 aromatic rings. The number of halogens is 3. The summed E-state index contributed by atoms with van der Waals surface area (Å²) in [5.41, 5.74) is 2.03. The molecule has 2 N–H and O–H groups in total. The SMILES string of the molecule is CCNC(=NCc1ccsc1)NCCc1ccc(OC)c(OC(F)F)c1.I. The quantitative estimate of drug-likeness (QED) is 0.300. The molecule has 1 aromatic heterocycles. The number of alkyl halides is 2. The number of methoxy groups -OCH3 is 1. The van der Waals surface area contributed by atoms with E-state index in [9.17, 15) is 8.78 Å². The van der Waals surface area contributed by atoms with E-state index in [1.165, 1.54) is 7.11 Å². The van der Waals surface area contributed by atoms with Crippen LogP contribution in [0, 0.1) is 0 Å². The Balaban J connectivity index is 0.00000364. The summed E-state index contributed by atoms with van der Waals surface area (Å²) in [4.78, 5) is 4.53. The summed E-state index contributed by atoms with van der Waals surface area (Å²) >= 11 is 1.64. The lowest BCUT2D eigenvalue weighted by molar-refractivity contribution is -0.0512.